The second-order valence-corrected chi connectivity index (χ2v) is 6.33. The van der Waals surface area contributed by atoms with Crippen molar-refractivity contribution in [3.05, 3.63) is 45.7 Å². The number of halogens is 1. The van der Waals surface area contributed by atoms with Crippen LogP contribution in [0.3, 0.4) is 0 Å². The molecule has 0 unspecified atom stereocenters. The average Bonchev–Trinajstić information content (AvgIpc) is 3.06. The lowest BCUT2D eigenvalue weighted by Crippen LogP contribution is -2.27. The van der Waals surface area contributed by atoms with E-state index in [-0.39, 0.29) is 6.79 Å². The number of methoxy groups -OCH3 is 2. The number of carbonyl (C=O) groups is 2. The molecule has 0 aromatic heterocycles. The van der Waals surface area contributed by atoms with Crippen LogP contribution in [0.1, 0.15) is 11.5 Å². The van der Waals surface area contributed by atoms with Crippen LogP contribution in [0.4, 0.5) is 0 Å². The largest absolute Gasteiger partial charge is 0.466 e. The summed E-state index contributed by atoms with van der Waals surface area (Å²) in [4.78, 5) is 26.3. The fourth-order valence-corrected chi connectivity index (χ4v) is 3.41. The van der Waals surface area contributed by atoms with E-state index in [2.05, 4.69) is 15.9 Å². The lowest BCUT2D eigenvalue weighted by atomic mass is 9.83. The quantitative estimate of drug-likeness (QED) is 0.709. The van der Waals surface area contributed by atoms with Crippen molar-refractivity contribution in [3.8, 4) is 11.5 Å². The van der Waals surface area contributed by atoms with Crippen molar-refractivity contribution in [1.29, 1.82) is 0 Å². The maximum Gasteiger partial charge on any atom is 0.336 e. The van der Waals surface area contributed by atoms with Gasteiger partial charge in [-0.05, 0) is 17.7 Å². The van der Waals surface area contributed by atoms with Crippen LogP contribution in [-0.4, -0.2) is 44.9 Å². The number of nitrogens with zero attached hydrogens (tertiary/aromatic N) is 1. The molecule has 2 aliphatic rings. The van der Waals surface area contributed by atoms with E-state index in [0.29, 0.717) is 32.7 Å². The molecule has 25 heavy (non-hydrogen) atoms. The first-order valence-corrected chi connectivity index (χ1v) is 8.16. The summed E-state index contributed by atoms with van der Waals surface area (Å²) >= 11 is 3.49. The Morgan fingerprint density at radius 3 is 2.12 bits per heavy atom. The summed E-state index contributed by atoms with van der Waals surface area (Å²) in [5.74, 6) is -0.590. The highest BCUT2D eigenvalue weighted by molar-refractivity contribution is 9.10. The van der Waals surface area contributed by atoms with Gasteiger partial charge in [0.1, 0.15) is 0 Å². The fraction of sp³-hybridized carbons (Fsp3) is 0.294. The third-order valence-corrected chi connectivity index (χ3v) is 4.64. The van der Waals surface area contributed by atoms with E-state index in [1.54, 1.807) is 36.5 Å². The summed E-state index contributed by atoms with van der Waals surface area (Å²) in [5.41, 5.74) is 1.30. The molecule has 2 heterocycles. The van der Waals surface area contributed by atoms with E-state index in [1.807, 2.05) is 0 Å². The first kappa shape index (κ1) is 17.3. The molecular weight excluding hydrogens is 394 g/mol. The van der Waals surface area contributed by atoms with Crippen LogP contribution in [0.15, 0.2) is 40.2 Å². The van der Waals surface area contributed by atoms with Gasteiger partial charge >= 0.3 is 11.9 Å². The molecule has 0 amide bonds. The van der Waals surface area contributed by atoms with Gasteiger partial charge in [-0.15, -0.1) is 0 Å². The number of benzene rings is 1. The van der Waals surface area contributed by atoms with Gasteiger partial charge in [-0.2, -0.15) is 0 Å². The van der Waals surface area contributed by atoms with Gasteiger partial charge in [-0.1, -0.05) is 15.9 Å². The van der Waals surface area contributed by atoms with Crippen molar-refractivity contribution in [1.82, 2.24) is 4.90 Å². The summed E-state index contributed by atoms with van der Waals surface area (Å²) in [6.45, 7) is 0.123. The molecular formula is C17H16BrNO6. The third-order valence-electron chi connectivity index (χ3n) is 3.95. The molecule has 0 saturated heterocycles. The Morgan fingerprint density at radius 1 is 1.08 bits per heavy atom. The highest BCUT2D eigenvalue weighted by Gasteiger charge is 2.36. The van der Waals surface area contributed by atoms with Gasteiger partial charge in [-0.25, -0.2) is 9.59 Å². The SMILES string of the molecule is COC(=O)C1=CN(C)C=C(C(=O)OC)C1c1cc2c(cc1Br)OCO2. The van der Waals surface area contributed by atoms with E-state index >= 15 is 0 Å². The number of ether oxygens (including phenoxy) is 4. The monoisotopic (exact) mass is 409 g/mol. The van der Waals surface area contributed by atoms with E-state index in [4.69, 9.17) is 18.9 Å². The molecule has 132 valence electrons. The zero-order valence-electron chi connectivity index (χ0n) is 13.9. The predicted octanol–water partition coefficient (Wildman–Crippen LogP) is 2.32. The zero-order valence-corrected chi connectivity index (χ0v) is 15.5. The lowest BCUT2D eigenvalue weighted by molar-refractivity contribution is -0.137. The molecule has 1 aromatic carbocycles. The Morgan fingerprint density at radius 2 is 1.60 bits per heavy atom. The average molecular weight is 410 g/mol. The minimum absolute atomic E-state index is 0.123. The Kier molecular flexibility index (Phi) is 4.71. The number of fused-ring (bicyclic) bond motifs is 1. The molecule has 0 spiro atoms. The topological polar surface area (TPSA) is 74.3 Å². The van der Waals surface area contributed by atoms with Crippen LogP contribution in [0.5, 0.6) is 11.5 Å². The van der Waals surface area contributed by atoms with Gasteiger partial charge in [0.05, 0.1) is 31.3 Å². The maximum absolute atomic E-state index is 12.3. The van der Waals surface area contributed by atoms with E-state index in [1.165, 1.54) is 14.2 Å². The number of hydrogen-bond donors (Lipinski definition) is 0. The molecule has 8 heteroatoms. The van der Waals surface area contributed by atoms with Crippen LogP contribution in [0.2, 0.25) is 0 Å². The molecule has 1 aromatic rings. The Hall–Kier alpha value is -2.48. The molecule has 7 nitrogen and oxygen atoms in total. The second kappa shape index (κ2) is 6.79. The number of rotatable bonds is 3. The summed E-state index contributed by atoms with van der Waals surface area (Å²) in [6, 6.07) is 3.50. The Bertz CT molecular complexity index is 767. The summed E-state index contributed by atoms with van der Waals surface area (Å²) in [5, 5.41) is 0. The van der Waals surface area contributed by atoms with Crippen LogP contribution in [0, 0.1) is 0 Å². The van der Waals surface area contributed by atoms with Gasteiger partial charge in [0.25, 0.3) is 0 Å². The number of esters is 2. The van der Waals surface area contributed by atoms with E-state index in [0.717, 1.165) is 0 Å². The molecule has 0 bridgehead atoms. The highest BCUT2D eigenvalue weighted by atomic mass is 79.9. The second-order valence-electron chi connectivity index (χ2n) is 5.48. The van der Waals surface area contributed by atoms with Crippen molar-refractivity contribution >= 4 is 27.9 Å². The van der Waals surface area contributed by atoms with Gasteiger partial charge < -0.3 is 23.8 Å². The van der Waals surface area contributed by atoms with Crippen molar-refractivity contribution in [2.45, 2.75) is 5.92 Å². The van der Waals surface area contributed by atoms with Crippen LogP contribution >= 0.6 is 15.9 Å². The molecule has 3 rings (SSSR count). The van der Waals surface area contributed by atoms with Crippen molar-refractivity contribution in [2.75, 3.05) is 28.1 Å². The number of hydrogen-bond acceptors (Lipinski definition) is 7. The molecule has 2 aliphatic heterocycles. The van der Waals surface area contributed by atoms with Crippen molar-refractivity contribution < 1.29 is 28.5 Å². The number of carbonyl (C=O) groups excluding carboxylic acids is 2. The molecule has 0 radical (unpaired) electrons. The zero-order chi connectivity index (χ0) is 18.1. The third kappa shape index (κ3) is 3.09. The maximum atomic E-state index is 12.3. The molecule has 0 atom stereocenters. The van der Waals surface area contributed by atoms with Gasteiger partial charge in [0, 0.05) is 23.9 Å². The molecule has 0 fully saturated rings. The standard InChI is InChI=1S/C17H16BrNO6/c1-19-6-10(16(20)22-2)15(11(7-19)17(21)23-3)9-4-13-14(5-12(9)18)25-8-24-13/h4-7,15H,8H2,1-3H3. The van der Waals surface area contributed by atoms with Crippen LogP contribution in [-0.2, 0) is 19.1 Å². The van der Waals surface area contributed by atoms with Crippen LogP contribution in [0.25, 0.3) is 0 Å². The van der Waals surface area contributed by atoms with Gasteiger partial charge in [0.2, 0.25) is 6.79 Å². The summed E-state index contributed by atoms with van der Waals surface area (Å²) in [7, 11) is 4.31. The van der Waals surface area contributed by atoms with Gasteiger partial charge in [0.15, 0.2) is 11.5 Å². The first-order valence-electron chi connectivity index (χ1n) is 7.37. The Balaban J connectivity index is 2.17. The highest BCUT2D eigenvalue weighted by Crippen LogP contribution is 2.45. The predicted molar refractivity (Wildman–Crippen MR) is 91.0 cm³/mol. The summed E-state index contributed by atoms with van der Waals surface area (Å²) in [6.07, 6.45) is 3.25. The molecule has 0 N–H and O–H groups in total. The van der Waals surface area contributed by atoms with Crippen molar-refractivity contribution in [2.24, 2.45) is 0 Å². The van der Waals surface area contributed by atoms with E-state index < -0.39 is 17.9 Å². The van der Waals surface area contributed by atoms with E-state index in [9.17, 15) is 9.59 Å². The molecule has 0 saturated carbocycles. The fourth-order valence-electron chi connectivity index (χ4n) is 2.86. The van der Waals surface area contributed by atoms with Gasteiger partial charge in [-0.3, -0.25) is 0 Å². The van der Waals surface area contributed by atoms with Crippen LogP contribution < -0.4 is 9.47 Å². The lowest BCUT2D eigenvalue weighted by Gasteiger charge is -2.28. The smallest absolute Gasteiger partial charge is 0.336 e. The molecule has 0 aliphatic carbocycles. The first-order chi connectivity index (χ1) is 12.0. The Labute approximate surface area is 152 Å². The summed E-state index contributed by atoms with van der Waals surface area (Å²) < 4.78 is 21.3. The minimum atomic E-state index is -0.667. The minimum Gasteiger partial charge on any atom is -0.466 e. The normalized spacial score (nSPS) is 16.2. The van der Waals surface area contributed by atoms with Crippen molar-refractivity contribution in [3.63, 3.8) is 0 Å².